The Bertz CT molecular complexity index is 906. The number of nitrogens with zero attached hydrogens (tertiary/aromatic N) is 1. The number of methoxy groups -OCH3 is 1. The monoisotopic (exact) mass is 408 g/mol. The number of carbonyl (C=O) groups excluding carboxylic acids is 1. The first-order chi connectivity index (χ1) is 12.8. The quantitative estimate of drug-likeness (QED) is 0.797. The molecule has 1 N–H and O–H groups in total. The molecular formula is C19H24N2O4S2. The molecule has 2 aromatic rings. The molecule has 1 amide bonds. The highest BCUT2D eigenvalue weighted by atomic mass is 32.2. The molecule has 0 unspecified atom stereocenters. The number of hydrogen-bond acceptors (Lipinski definition) is 5. The first-order valence-electron chi connectivity index (χ1n) is 8.82. The third kappa shape index (κ3) is 4.24. The summed E-state index contributed by atoms with van der Waals surface area (Å²) in [6.07, 6.45) is 0.858. The summed E-state index contributed by atoms with van der Waals surface area (Å²) < 4.78 is 32.3. The molecule has 1 aromatic heterocycles. The van der Waals surface area contributed by atoms with E-state index < -0.39 is 10.0 Å². The molecule has 0 aliphatic carbocycles. The summed E-state index contributed by atoms with van der Waals surface area (Å²) >= 11 is 1.73. The summed E-state index contributed by atoms with van der Waals surface area (Å²) in [6.45, 7) is 4.72. The van der Waals surface area contributed by atoms with Gasteiger partial charge in [-0.15, -0.1) is 11.3 Å². The second-order valence-corrected chi connectivity index (χ2v) is 9.44. The van der Waals surface area contributed by atoms with E-state index >= 15 is 0 Å². The van der Waals surface area contributed by atoms with E-state index in [1.165, 1.54) is 29.7 Å². The van der Waals surface area contributed by atoms with Crippen molar-refractivity contribution in [3.8, 4) is 0 Å². The van der Waals surface area contributed by atoms with Crippen LogP contribution in [0.5, 0.6) is 0 Å². The first-order valence-corrected chi connectivity index (χ1v) is 11.2. The van der Waals surface area contributed by atoms with Crippen molar-refractivity contribution in [1.82, 2.24) is 9.62 Å². The molecule has 8 heteroatoms. The van der Waals surface area contributed by atoms with Crippen molar-refractivity contribution in [2.75, 3.05) is 20.3 Å². The van der Waals surface area contributed by atoms with E-state index in [4.69, 9.17) is 4.74 Å². The smallest absolute Gasteiger partial charge is 0.254 e. The molecule has 0 saturated carbocycles. The predicted molar refractivity (Wildman–Crippen MR) is 106 cm³/mol. The highest BCUT2D eigenvalue weighted by Gasteiger charge is 2.29. The van der Waals surface area contributed by atoms with Gasteiger partial charge in [0.1, 0.15) is 0 Å². The lowest BCUT2D eigenvalue weighted by Crippen LogP contribution is -2.38. The topological polar surface area (TPSA) is 75.7 Å². The van der Waals surface area contributed by atoms with Crippen LogP contribution in [-0.4, -0.2) is 45.5 Å². The highest BCUT2D eigenvalue weighted by molar-refractivity contribution is 7.89. The van der Waals surface area contributed by atoms with Crippen molar-refractivity contribution in [1.29, 1.82) is 0 Å². The van der Waals surface area contributed by atoms with Crippen LogP contribution in [0.1, 0.15) is 40.7 Å². The SMILES string of the molecule is COC[C@@H](C)NS(=O)(=O)c1ccc(C(=O)N2CCc3sccc3[C@H]2C)cc1. The van der Waals surface area contributed by atoms with Gasteiger partial charge in [0, 0.05) is 30.1 Å². The van der Waals surface area contributed by atoms with Crippen LogP contribution in [0, 0.1) is 0 Å². The van der Waals surface area contributed by atoms with Gasteiger partial charge in [-0.2, -0.15) is 0 Å². The fourth-order valence-electron chi connectivity index (χ4n) is 3.35. The fraction of sp³-hybridized carbons (Fsp3) is 0.421. The van der Waals surface area contributed by atoms with Gasteiger partial charge in [-0.3, -0.25) is 4.79 Å². The second-order valence-electron chi connectivity index (χ2n) is 6.73. The Kier molecular flexibility index (Phi) is 6.00. The van der Waals surface area contributed by atoms with Crippen LogP contribution in [0.4, 0.5) is 0 Å². The maximum atomic E-state index is 12.9. The zero-order chi connectivity index (χ0) is 19.6. The van der Waals surface area contributed by atoms with Crippen molar-refractivity contribution >= 4 is 27.3 Å². The van der Waals surface area contributed by atoms with Crippen LogP contribution in [0.25, 0.3) is 0 Å². The standard InChI is InChI=1S/C19H24N2O4S2/c1-13(12-25-3)20-27(23,24)16-6-4-15(5-7-16)19(22)21-10-8-18-17(14(21)2)9-11-26-18/h4-7,9,11,13-14,20H,8,10,12H2,1-3H3/t13-,14-/m1/s1. The summed E-state index contributed by atoms with van der Waals surface area (Å²) in [6, 6.07) is 7.86. The minimum Gasteiger partial charge on any atom is -0.383 e. The Labute approximate surface area is 164 Å². The number of fused-ring (bicyclic) bond motifs is 1. The van der Waals surface area contributed by atoms with Gasteiger partial charge < -0.3 is 9.64 Å². The van der Waals surface area contributed by atoms with Crippen LogP contribution < -0.4 is 4.72 Å². The van der Waals surface area contributed by atoms with Gasteiger partial charge >= 0.3 is 0 Å². The number of benzene rings is 1. The summed E-state index contributed by atoms with van der Waals surface area (Å²) in [7, 11) is -2.13. The van der Waals surface area contributed by atoms with Gasteiger partial charge in [-0.05, 0) is 61.5 Å². The molecule has 1 aromatic carbocycles. The molecule has 2 heterocycles. The maximum Gasteiger partial charge on any atom is 0.254 e. The molecule has 0 fully saturated rings. The lowest BCUT2D eigenvalue weighted by atomic mass is 10.0. The Morgan fingerprint density at radius 1 is 1.33 bits per heavy atom. The number of amides is 1. The third-order valence-electron chi connectivity index (χ3n) is 4.72. The average Bonchev–Trinajstić information content (AvgIpc) is 3.11. The number of rotatable bonds is 6. The molecule has 6 nitrogen and oxygen atoms in total. The van der Waals surface area contributed by atoms with Gasteiger partial charge in [-0.25, -0.2) is 13.1 Å². The molecule has 0 radical (unpaired) electrons. The van der Waals surface area contributed by atoms with Crippen LogP contribution in [0.2, 0.25) is 0 Å². The number of ether oxygens (including phenoxy) is 1. The largest absolute Gasteiger partial charge is 0.383 e. The van der Waals surface area contributed by atoms with E-state index in [0.29, 0.717) is 12.1 Å². The Balaban J connectivity index is 1.75. The van der Waals surface area contributed by atoms with E-state index in [1.807, 2.05) is 11.8 Å². The van der Waals surface area contributed by atoms with Gasteiger partial charge in [0.25, 0.3) is 5.91 Å². The number of hydrogen-bond donors (Lipinski definition) is 1. The Morgan fingerprint density at radius 3 is 2.70 bits per heavy atom. The van der Waals surface area contributed by atoms with Crippen LogP contribution in [0.3, 0.4) is 0 Å². The van der Waals surface area contributed by atoms with Crippen molar-refractivity contribution < 1.29 is 17.9 Å². The van der Waals surface area contributed by atoms with Gasteiger partial charge in [0.2, 0.25) is 10.0 Å². The van der Waals surface area contributed by atoms with Crippen LogP contribution in [-0.2, 0) is 21.2 Å². The van der Waals surface area contributed by atoms with Crippen molar-refractivity contribution in [2.24, 2.45) is 0 Å². The van der Waals surface area contributed by atoms with Gasteiger partial charge in [0.15, 0.2) is 0 Å². The lowest BCUT2D eigenvalue weighted by Gasteiger charge is -2.33. The Morgan fingerprint density at radius 2 is 2.04 bits per heavy atom. The van der Waals surface area contributed by atoms with Crippen molar-refractivity contribution in [3.05, 3.63) is 51.7 Å². The summed E-state index contributed by atoms with van der Waals surface area (Å²) in [4.78, 5) is 16.2. The molecule has 1 aliphatic heterocycles. The Hall–Kier alpha value is -1.74. The molecule has 3 rings (SSSR count). The second kappa shape index (κ2) is 8.10. The van der Waals surface area contributed by atoms with Crippen LogP contribution in [0.15, 0.2) is 40.6 Å². The molecule has 1 aliphatic rings. The minimum absolute atomic E-state index is 0.0208. The van der Waals surface area contributed by atoms with E-state index in [-0.39, 0.29) is 29.5 Å². The molecule has 0 spiro atoms. The van der Waals surface area contributed by atoms with Gasteiger partial charge in [0.05, 0.1) is 17.5 Å². The average molecular weight is 409 g/mol. The summed E-state index contributed by atoms with van der Waals surface area (Å²) in [5.41, 5.74) is 1.69. The highest BCUT2D eigenvalue weighted by Crippen LogP contribution is 2.33. The van der Waals surface area contributed by atoms with E-state index in [0.717, 1.165) is 6.42 Å². The number of carbonyl (C=O) groups is 1. The van der Waals surface area contributed by atoms with E-state index in [2.05, 4.69) is 16.2 Å². The minimum atomic E-state index is -3.65. The predicted octanol–water partition coefficient (Wildman–Crippen LogP) is 2.82. The zero-order valence-corrected chi connectivity index (χ0v) is 17.3. The summed E-state index contributed by atoms with van der Waals surface area (Å²) in [5, 5.41) is 2.06. The molecule has 27 heavy (non-hydrogen) atoms. The summed E-state index contributed by atoms with van der Waals surface area (Å²) in [5.74, 6) is -0.0796. The molecule has 146 valence electrons. The van der Waals surface area contributed by atoms with E-state index in [9.17, 15) is 13.2 Å². The van der Waals surface area contributed by atoms with E-state index in [1.54, 1.807) is 30.4 Å². The molecular weight excluding hydrogens is 384 g/mol. The van der Waals surface area contributed by atoms with Crippen LogP contribution >= 0.6 is 11.3 Å². The van der Waals surface area contributed by atoms with Crippen molar-refractivity contribution in [2.45, 2.75) is 37.2 Å². The lowest BCUT2D eigenvalue weighted by molar-refractivity contribution is 0.0679. The van der Waals surface area contributed by atoms with Gasteiger partial charge in [-0.1, -0.05) is 0 Å². The third-order valence-corrected chi connectivity index (χ3v) is 7.32. The molecule has 0 saturated heterocycles. The van der Waals surface area contributed by atoms with Crippen molar-refractivity contribution in [3.63, 3.8) is 0 Å². The molecule has 0 bridgehead atoms. The first kappa shape index (κ1) is 20.0. The number of sulfonamides is 1. The normalized spacial score (nSPS) is 18.2. The zero-order valence-electron chi connectivity index (χ0n) is 15.6. The number of thiophene rings is 1. The maximum absolute atomic E-state index is 12.9. The molecule has 2 atom stereocenters. The number of nitrogens with one attached hydrogen (secondary N) is 1. The fourth-order valence-corrected chi connectivity index (χ4v) is 5.54.